The first-order valence-electron chi connectivity index (χ1n) is 6.45. The van der Waals surface area contributed by atoms with Crippen LogP contribution in [0.4, 0.5) is 4.39 Å². The van der Waals surface area contributed by atoms with Gasteiger partial charge in [-0.05, 0) is 25.0 Å². The number of carbonyl (C=O) groups is 1. The number of carbonyl (C=O) groups excluding carboxylic acids is 1. The maximum atomic E-state index is 13.6. The molecule has 1 atom stereocenters. The maximum absolute atomic E-state index is 13.6. The summed E-state index contributed by atoms with van der Waals surface area (Å²) in [6.07, 6.45) is 2.52. The summed E-state index contributed by atoms with van der Waals surface area (Å²) in [7, 11) is 0. The van der Waals surface area contributed by atoms with E-state index in [0.717, 1.165) is 0 Å². The van der Waals surface area contributed by atoms with E-state index >= 15 is 0 Å². The first kappa shape index (κ1) is 14.2. The number of ether oxygens (including phenoxy) is 1. The van der Waals surface area contributed by atoms with Crippen LogP contribution in [0.15, 0.2) is 36.7 Å². The maximum Gasteiger partial charge on any atom is 0.170 e. The molecule has 106 valence electrons. The van der Waals surface area contributed by atoms with Crippen molar-refractivity contribution in [1.82, 2.24) is 9.78 Å². The topological polar surface area (TPSA) is 44.1 Å². The van der Waals surface area contributed by atoms with E-state index < -0.39 is 6.10 Å². The first-order chi connectivity index (χ1) is 9.49. The zero-order chi connectivity index (χ0) is 14.7. The molecule has 4 nitrogen and oxygen atoms in total. The normalized spacial score (nSPS) is 12.4. The molecular weight excluding hydrogens is 259 g/mol. The molecule has 0 saturated carbocycles. The number of hydrogen-bond donors (Lipinski definition) is 0. The molecular formula is C15H17FN2O2. The van der Waals surface area contributed by atoms with E-state index in [1.54, 1.807) is 24.4 Å². The van der Waals surface area contributed by atoms with Gasteiger partial charge in [-0.25, -0.2) is 9.07 Å². The van der Waals surface area contributed by atoms with E-state index in [1.165, 1.54) is 23.9 Å². The lowest BCUT2D eigenvalue weighted by molar-refractivity contribution is -0.125. The highest BCUT2D eigenvalue weighted by atomic mass is 19.1. The van der Waals surface area contributed by atoms with Crippen LogP contribution in [0.1, 0.15) is 20.8 Å². The largest absolute Gasteiger partial charge is 0.479 e. The molecule has 1 heterocycles. The minimum Gasteiger partial charge on any atom is -0.479 e. The van der Waals surface area contributed by atoms with Crippen molar-refractivity contribution in [1.29, 1.82) is 0 Å². The van der Waals surface area contributed by atoms with Crippen molar-refractivity contribution in [3.8, 4) is 11.4 Å². The molecule has 20 heavy (non-hydrogen) atoms. The minimum absolute atomic E-state index is 0.0429. The van der Waals surface area contributed by atoms with Gasteiger partial charge in [-0.3, -0.25) is 4.79 Å². The van der Waals surface area contributed by atoms with E-state index in [-0.39, 0.29) is 17.5 Å². The second-order valence-electron chi connectivity index (χ2n) is 4.97. The van der Waals surface area contributed by atoms with Crippen molar-refractivity contribution in [2.24, 2.45) is 5.92 Å². The summed E-state index contributed by atoms with van der Waals surface area (Å²) in [5.74, 6) is 0.0965. The molecule has 2 rings (SSSR count). The van der Waals surface area contributed by atoms with Crippen molar-refractivity contribution in [2.75, 3.05) is 0 Å². The average Bonchev–Trinajstić information content (AvgIpc) is 2.84. The molecule has 1 aromatic heterocycles. The molecule has 0 aliphatic carbocycles. The van der Waals surface area contributed by atoms with E-state index in [1.807, 2.05) is 13.8 Å². The summed E-state index contributed by atoms with van der Waals surface area (Å²) in [5, 5.41) is 4.06. The Bertz CT molecular complexity index is 607. The number of Topliss-reactive ketones (excluding diaryl/α,β-unsaturated/α-hetero) is 1. The minimum atomic E-state index is -0.520. The van der Waals surface area contributed by atoms with Gasteiger partial charge in [0, 0.05) is 0 Å². The van der Waals surface area contributed by atoms with E-state index in [9.17, 15) is 9.18 Å². The zero-order valence-electron chi connectivity index (χ0n) is 11.7. The Hall–Kier alpha value is -2.17. The Balaban J connectivity index is 2.21. The Labute approximate surface area is 117 Å². The van der Waals surface area contributed by atoms with Crippen LogP contribution in [0.25, 0.3) is 5.69 Å². The van der Waals surface area contributed by atoms with Crippen molar-refractivity contribution in [3.05, 3.63) is 42.5 Å². The van der Waals surface area contributed by atoms with Crippen molar-refractivity contribution in [2.45, 2.75) is 26.9 Å². The predicted octanol–water partition coefficient (Wildman–Crippen LogP) is 3.00. The summed E-state index contributed by atoms with van der Waals surface area (Å²) in [5.41, 5.74) is 0.339. The van der Waals surface area contributed by atoms with Crippen molar-refractivity contribution < 1.29 is 13.9 Å². The molecule has 0 spiro atoms. The van der Waals surface area contributed by atoms with Gasteiger partial charge in [-0.1, -0.05) is 26.0 Å². The molecule has 0 amide bonds. The lowest BCUT2D eigenvalue weighted by atomic mass is 10.0. The van der Waals surface area contributed by atoms with Gasteiger partial charge in [0.15, 0.2) is 17.6 Å². The molecule has 0 saturated heterocycles. The summed E-state index contributed by atoms with van der Waals surface area (Å²) >= 11 is 0. The van der Waals surface area contributed by atoms with Gasteiger partial charge < -0.3 is 4.74 Å². The van der Waals surface area contributed by atoms with Crippen LogP contribution in [0.3, 0.4) is 0 Å². The average molecular weight is 276 g/mol. The second-order valence-corrected chi connectivity index (χ2v) is 4.97. The van der Waals surface area contributed by atoms with Crippen LogP contribution >= 0.6 is 0 Å². The first-order valence-corrected chi connectivity index (χ1v) is 6.45. The quantitative estimate of drug-likeness (QED) is 0.843. The van der Waals surface area contributed by atoms with Gasteiger partial charge in [0.1, 0.15) is 11.5 Å². The summed E-state index contributed by atoms with van der Waals surface area (Å²) in [6, 6.07) is 6.33. The van der Waals surface area contributed by atoms with Gasteiger partial charge >= 0.3 is 0 Å². The Morgan fingerprint density at radius 2 is 2.05 bits per heavy atom. The van der Waals surface area contributed by atoms with Crippen LogP contribution in [-0.2, 0) is 4.79 Å². The zero-order valence-corrected chi connectivity index (χ0v) is 11.7. The van der Waals surface area contributed by atoms with Crippen LogP contribution < -0.4 is 4.74 Å². The number of para-hydroxylation sites is 1. The SMILES string of the molecule is CC(=O)C(Oc1cnn(-c2ccccc2F)c1)C(C)C. The highest BCUT2D eigenvalue weighted by molar-refractivity contribution is 5.81. The number of halogens is 1. The molecule has 0 bridgehead atoms. The fourth-order valence-corrected chi connectivity index (χ4v) is 1.97. The number of aromatic nitrogens is 2. The highest BCUT2D eigenvalue weighted by Crippen LogP contribution is 2.19. The fourth-order valence-electron chi connectivity index (χ4n) is 1.97. The third kappa shape index (κ3) is 3.04. The molecule has 5 heteroatoms. The van der Waals surface area contributed by atoms with Crippen LogP contribution in [0.5, 0.6) is 5.75 Å². The molecule has 0 fully saturated rings. The number of ketones is 1. The van der Waals surface area contributed by atoms with Crippen molar-refractivity contribution >= 4 is 5.78 Å². The number of nitrogens with zero attached hydrogens (tertiary/aromatic N) is 2. The number of benzene rings is 1. The number of rotatable bonds is 5. The number of hydrogen-bond acceptors (Lipinski definition) is 3. The standard InChI is InChI=1S/C15H17FN2O2/c1-10(2)15(11(3)19)20-12-8-17-18(9-12)14-7-5-4-6-13(14)16/h4-10,15H,1-3H3. The van der Waals surface area contributed by atoms with E-state index in [0.29, 0.717) is 11.4 Å². The Morgan fingerprint density at radius 1 is 1.35 bits per heavy atom. The molecule has 0 radical (unpaired) electrons. The molecule has 0 aliphatic heterocycles. The van der Waals surface area contributed by atoms with Gasteiger partial charge in [0.05, 0.1) is 12.4 Å². The van der Waals surface area contributed by atoms with Gasteiger partial charge in [0.25, 0.3) is 0 Å². The van der Waals surface area contributed by atoms with Crippen LogP contribution in [0.2, 0.25) is 0 Å². The van der Waals surface area contributed by atoms with E-state index in [4.69, 9.17) is 4.74 Å². The smallest absolute Gasteiger partial charge is 0.170 e. The summed E-state index contributed by atoms with van der Waals surface area (Å²) < 4.78 is 20.7. The molecule has 1 unspecified atom stereocenters. The lowest BCUT2D eigenvalue weighted by Crippen LogP contribution is -2.30. The predicted molar refractivity (Wildman–Crippen MR) is 73.5 cm³/mol. The Morgan fingerprint density at radius 3 is 2.65 bits per heavy atom. The van der Waals surface area contributed by atoms with Gasteiger partial charge in [-0.2, -0.15) is 5.10 Å². The molecule has 1 aromatic carbocycles. The van der Waals surface area contributed by atoms with Gasteiger partial charge in [-0.15, -0.1) is 0 Å². The van der Waals surface area contributed by atoms with Gasteiger partial charge in [0.2, 0.25) is 0 Å². The lowest BCUT2D eigenvalue weighted by Gasteiger charge is -2.18. The van der Waals surface area contributed by atoms with Crippen LogP contribution in [0, 0.1) is 11.7 Å². The fraction of sp³-hybridized carbons (Fsp3) is 0.333. The highest BCUT2D eigenvalue weighted by Gasteiger charge is 2.21. The molecule has 0 aliphatic rings. The van der Waals surface area contributed by atoms with Crippen molar-refractivity contribution in [3.63, 3.8) is 0 Å². The molecule has 2 aromatic rings. The third-order valence-corrected chi connectivity index (χ3v) is 2.93. The third-order valence-electron chi connectivity index (χ3n) is 2.93. The summed E-state index contributed by atoms with van der Waals surface area (Å²) in [6.45, 7) is 5.31. The monoisotopic (exact) mass is 276 g/mol. The Kier molecular flexibility index (Phi) is 4.17. The molecule has 0 N–H and O–H groups in total. The summed E-state index contributed by atoms with van der Waals surface area (Å²) in [4.78, 5) is 11.5. The second kappa shape index (κ2) is 5.86. The van der Waals surface area contributed by atoms with E-state index in [2.05, 4.69) is 5.10 Å². The van der Waals surface area contributed by atoms with Crippen LogP contribution in [-0.4, -0.2) is 21.7 Å².